The molecule has 0 bridgehead atoms. The first-order valence-corrected chi connectivity index (χ1v) is 11.8. The second-order valence-corrected chi connectivity index (χ2v) is 8.95. The van der Waals surface area contributed by atoms with E-state index in [-0.39, 0.29) is 18.4 Å². The third kappa shape index (κ3) is 5.84. The molecule has 0 fully saturated rings. The number of aromatic nitrogens is 1. The second kappa shape index (κ2) is 10.8. The fourth-order valence-electron chi connectivity index (χ4n) is 4.15. The molecule has 0 radical (unpaired) electrons. The highest BCUT2D eigenvalue weighted by Crippen LogP contribution is 2.25. The number of rotatable bonds is 9. The van der Waals surface area contributed by atoms with Crippen LogP contribution in [-0.2, 0) is 17.8 Å². The zero-order chi connectivity index (χ0) is 24.8. The molecule has 0 saturated carbocycles. The van der Waals surface area contributed by atoms with Crippen LogP contribution in [0.4, 0.5) is 5.69 Å². The van der Waals surface area contributed by atoms with E-state index < -0.39 is 11.9 Å². The summed E-state index contributed by atoms with van der Waals surface area (Å²) in [7, 11) is 0. The third-order valence-corrected chi connectivity index (χ3v) is 5.98. The fraction of sp³-hybridized carbons (Fsp3) is 0.207. The van der Waals surface area contributed by atoms with Crippen LogP contribution in [0, 0.1) is 5.92 Å². The number of nitrogens with two attached hydrogens (primary N) is 1. The summed E-state index contributed by atoms with van der Waals surface area (Å²) in [4.78, 5) is 29.8. The van der Waals surface area contributed by atoms with E-state index in [1.165, 1.54) is 0 Å². The average molecular weight is 467 g/mol. The molecule has 6 heteroatoms. The van der Waals surface area contributed by atoms with Gasteiger partial charge in [0.1, 0.15) is 6.04 Å². The van der Waals surface area contributed by atoms with Crippen LogP contribution < -0.4 is 16.4 Å². The molecule has 2 amide bonds. The molecule has 1 atom stereocenters. The van der Waals surface area contributed by atoms with Crippen LogP contribution in [0.25, 0.3) is 10.9 Å². The Bertz CT molecular complexity index is 1340. The van der Waals surface area contributed by atoms with Crippen LogP contribution in [0.2, 0.25) is 0 Å². The van der Waals surface area contributed by atoms with E-state index in [1.54, 1.807) is 0 Å². The maximum Gasteiger partial charge on any atom is 0.251 e. The molecule has 4 rings (SSSR count). The fourth-order valence-corrected chi connectivity index (χ4v) is 4.15. The summed E-state index contributed by atoms with van der Waals surface area (Å²) in [5.74, 6) is -0.548. The van der Waals surface area contributed by atoms with E-state index in [4.69, 9.17) is 10.7 Å². The van der Waals surface area contributed by atoms with Gasteiger partial charge in [-0.05, 0) is 41.7 Å². The number of benzene rings is 3. The van der Waals surface area contributed by atoms with E-state index in [2.05, 4.69) is 22.8 Å². The molecule has 4 N–H and O–H groups in total. The zero-order valence-electron chi connectivity index (χ0n) is 20.0. The lowest BCUT2D eigenvalue weighted by Crippen LogP contribution is -2.39. The number of fused-ring (bicyclic) bond motifs is 1. The molecule has 0 unspecified atom stereocenters. The van der Waals surface area contributed by atoms with Gasteiger partial charge in [0.05, 0.1) is 17.8 Å². The van der Waals surface area contributed by atoms with Crippen molar-refractivity contribution in [1.29, 1.82) is 0 Å². The topological polar surface area (TPSA) is 97.1 Å². The van der Waals surface area contributed by atoms with Crippen molar-refractivity contribution in [3.8, 4) is 0 Å². The number of carbonyl (C=O) groups excluding carboxylic acids is 2. The maximum absolute atomic E-state index is 13.1. The predicted octanol–water partition coefficient (Wildman–Crippen LogP) is 4.68. The number of anilines is 1. The molecule has 0 aliphatic rings. The van der Waals surface area contributed by atoms with Crippen molar-refractivity contribution >= 4 is 28.4 Å². The number of para-hydroxylation sites is 1. The lowest BCUT2D eigenvalue weighted by atomic mass is 9.99. The first-order chi connectivity index (χ1) is 16.9. The number of carbonyl (C=O) groups is 2. The largest absolute Gasteiger partial charge is 0.373 e. The minimum absolute atomic E-state index is 0.0173. The summed E-state index contributed by atoms with van der Waals surface area (Å²) >= 11 is 0. The summed E-state index contributed by atoms with van der Waals surface area (Å²) < 4.78 is 0. The molecule has 3 aromatic carbocycles. The Labute approximate surface area is 205 Å². The Balaban J connectivity index is 1.56. The van der Waals surface area contributed by atoms with Gasteiger partial charge in [0, 0.05) is 16.6 Å². The molecule has 35 heavy (non-hydrogen) atoms. The monoisotopic (exact) mass is 466 g/mol. The number of hydrogen-bond acceptors (Lipinski definition) is 4. The van der Waals surface area contributed by atoms with Gasteiger partial charge in [-0.1, -0.05) is 80.6 Å². The number of pyridine rings is 1. The van der Waals surface area contributed by atoms with Gasteiger partial charge in [-0.3, -0.25) is 14.6 Å². The molecule has 0 aliphatic heterocycles. The molecule has 0 saturated heterocycles. The summed E-state index contributed by atoms with van der Waals surface area (Å²) in [5.41, 5.74) is 10.6. The Hall–Kier alpha value is -4.19. The Morgan fingerprint density at radius 3 is 2.34 bits per heavy atom. The molecule has 1 heterocycles. The summed E-state index contributed by atoms with van der Waals surface area (Å²) in [6.45, 7) is 4.14. The molecule has 1 aromatic heterocycles. The van der Waals surface area contributed by atoms with Crippen LogP contribution in [0.15, 0.2) is 84.9 Å². The molecular weight excluding hydrogens is 436 g/mol. The minimum Gasteiger partial charge on any atom is -0.373 e. The van der Waals surface area contributed by atoms with E-state index in [0.717, 1.165) is 27.7 Å². The second-order valence-electron chi connectivity index (χ2n) is 8.95. The van der Waals surface area contributed by atoms with E-state index in [9.17, 15) is 9.59 Å². The lowest BCUT2D eigenvalue weighted by Gasteiger charge is -2.22. The predicted molar refractivity (Wildman–Crippen MR) is 140 cm³/mol. The molecule has 178 valence electrons. The highest BCUT2D eigenvalue weighted by molar-refractivity contribution is 5.96. The Kier molecular flexibility index (Phi) is 7.41. The average Bonchev–Trinajstić information content (AvgIpc) is 2.86. The number of nitrogens with zero attached hydrogens (tertiary/aromatic N) is 1. The van der Waals surface area contributed by atoms with Crippen molar-refractivity contribution in [3.63, 3.8) is 0 Å². The van der Waals surface area contributed by atoms with Gasteiger partial charge in [0.25, 0.3) is 5.91 Å². The molecule has 0 aliphatic carbocycles. The van der Waals surface area contributed by atoms with Crippen LogP contribution in [0.3, 0.4) is 0 Å². The van der Waals surface area contributed by atoms with Gasteiger partial charge in [-0.2, -0.15) is 0 Å². The zero-order valence-corrected chi connectivity index (χ0v) is 20.0. The van der Waals surface area contributed by atoms with Crippen molar-refractivity contribution in [1.82, 2.24) is 10.3 Å². The third-order valence-electron chi connectivity index (χ3n) is 5.98. The van der Waals surface area contributed by atoms with Crippen LogP contribution in [0.5, 0.6) is 0 Å². The van der Waals surface area contributed by atoms with Gasteiger partial charge >= 0.3 is 0 Å². The Morgan fingerprint density at radius 1 is 0.914 bits per heavy atom. The number of hydrogen-bond donors (Lipinski definition) is 3. The summed E-state index contributed by atoms with van der Waals surface area (Å²) in [5, 5.41) is 7.19. The van der Waals surface area contributed by atoms with E-state index in [0.29, 0.717) is 17.7 Å². The summed E-state index contributed by atoms with van der Waals surface area (Å²) in [6.07, 6.45) is 0.677. The molecule has 0 spiro atoms. The molecule has 6 nitrogen and oxygen atoms in total. The first-order valence-electron chi connectivity index (χ1n) is 11.8. The highest BCUT2D eigenvalue weighted by atomic mass is 16.2. The summed E-state index contributed by atoms with van der Waals surface area (Å²) in [6, 6.07) is 26.8. The standard InChI is InChI=1S/C29H30N4O2/c1-19(2)27(28(30)34)33-26-17-22(32-25-15-9-8-14-24(25)26)18-31-29(35)23-13-7-6-12-21(23)16-20-10-4-3-5-11-20/h3-15,17,19,27H,16,18H2,1-2H3,(H2,30,34)(H,31,35)(H,32,33)/t27-/m0/s1. The minimum atomic E-state index is -0.520. The maximum atomic E-state index is 13.1. The quantitative estimate of drug-likeness (QED) is 0.334. The number of nitrogens with one attached hydrogen (secondary N) is 2. The van der Waals surface area contributed by atoms with Crippen LogP contribution >= 0.6 is 0 Å². The highest BCUT2D eigenvalue weighted by Gasteiger charge is 2.21. The van der Waals surface area contributed by atoms with Gasteiger partial charge in [0.15, 0.2) is 0 Å². The SMILES string of the molecule is CC(C)[C@H](Nc1cc(CNC(=O)c2ccccc2Cc2ccccc2)nc2ccccc12)C(N)=O. The van der Waals surface area contributed by atoms with Crippen molar-refractivity contribution < 1.29 is 9.59 Å². The first kappa shape index (κ1) is 24.0. The number of amides is 2. The van der Waals surface area contributed by atoms with Gasteiger partial charge in [0.2, 0.25) is 5.91 Å². The molecule has 4 aromatic rings. The van der Waals surface area contributed by atoms with Crippen LogP contribution in [-0.4, -0.2) is 22.8 Å². The van der Waals surface area contributed by atoms with Gasteiger partial charge in [-0.25, -0.2) is 0 Å². The Morgan fingerprint density at radius 2 is 1.60 bits per heavy atom. The van der Waals surface area contributed by atoms with Gasteiger partial charge in [-0.15, -0.1) is 0 Å². The lowest BCUT2D eigenvalue weighted by molar-refractivity contribution is -0.119. The van der Waals surface area contributed by atoms with Crippen molar-refractivity contribution in [2.75, 3.05) is 5.32 Å². The smallest absolute Gasteiger partial charge is 0.251 e. The van der Waals surface area contributed by atoms with Gasteiger partial charge < -0.3 is 16.4 Å². The molecular formula is C29H30N4O2. The van der Waals surface area contributed by atoms with E-state index >= 15 is 0 Å². The normalized spacial score (nSPS) is 11.9. The van der Waals surface area contributed by atoms with Crippen molar-refractivity contribution in [2.24, 2.45) is 11.7 Å². The van der Waals surface area contributed by atoms with Crippen molar-refractivity contribution in [3.05, 3.63) is 107 Å². The number of primary amides is 1. The van der Waals surface area contributed by atoms with E-state index in [1.807, 2.05) is 86.6 Å². The van der Waals surface area contributed by atoms with Crippen molar-refractivity contribution in [2.45, 2.75) is 32.9 Å². The van der Waals surface area contributed by atoms with Crippen LogP contribution in [0.1, 0.15) is 41.0 Å².